The van der Waals surface area contributed by atoms with Crippen molar-refractivity contribution in [2.75, 3.05) is 32.8 Å². The van der Waals surface area contributed by atoms with Crippen LogP contribution in [0.15, 0.2) is 60.2 Å². The van der Waals surface area contributed by atoms with Gasteiger partial charge in [-0.1, -0.05) is 13.0 Å². The summed E-state index contributed by atoms with van der Waals surface area (Å²) in [6.45, 7) is 4.35. The molecule has 9 heteroatoms. The van der Waals surface area contributed by atoms with Crippen molar-refractivity contribution in [2.45, 2.75) is 26.3 Å². The molecule has 0 bridgehead atoms. The highest BCUT2D eigenvalue weighted by Crippen LogP contribution is 2.47. The Morgan fingerprint density at radius 3 is 2.21 bits per heavy atom. The Hall–Kier alpha value is -4.53. The lowest BCUT2D eigenvalue weighted by Gasteiger charge is -2.26. The van der Waals surface area contributed by atoms with E-state index in [1.807, 2.05) is 13.8 Å². The normalized spacial score (nSPS) is 16.4. The first-order valence-electron chi connectivity index (χ1n) is 12.4. The van der Waals surface area contributed by atoms with Crippen molar-refractivity contribution in [3.63, 3.8) is 0 Å². The van der Waals surface area contributed by atoms with Crippen molar-refractivity contribution in [3.05, 3.63) is 82.7 Å². The van der Waals surface area contributed by atoms with Crippen LogP contribution in [0, 0.1) is 12.7 Å². The number of aryl methyl sites for hydroxylation is 1. The molecule has 0 aliphatic carbocycles. The van der Waals surface area contributed by atoms with Gasteiger partial charge in [0.1, 0.15) is 17.3 Å². The quantitative estimate of drug-likeness (QED) is 0.217. The molecule has 1 N–H and O–H groups in total. The standard InChI is InChI=1S/C30H30FNO7/c1-6-12-39-22-11-10-18(13-17(22)2)27(33)25-26(19-14-23(36-3)29(38-5)24(15-19)37-4)32(30(35)28(25)34)21-9-7-8-20(31)16-21/h7-11,13-16,26,33H,6,12H2,1-5H3/b27-25+. The van der Waals surface area contributed by atoms with Gasteiger partial charge in [0.2, 0.25) is 5.75 Å². The van der Waals surface area contributed by atoms with Gasteiger partial charge in [-0.05, 0) is 73.0 Å². The van der Waals surface area contributed by atoms with Crippen LogP contribution in [0.2, 0.25) is 0 Å². The molecule has 1 aliphatic heterocycles. The molecule has 1 aliphatic rings. The molecule has 0 aromatic heterocycles. The predicted molar refractivity (Wildman–Crippen MR) is 144 cm³/mol. The molecule has 4 rings (SSSR count). The van der Waals surface area contributed by atoms with E-state index in [1.54, 1.807) is 30.3 Å². The smallest absolute Gasteiger partial charge is 0.300 e. The Kier molecular flexibility index (Phi) is 8.09. The number of carbonyl (C=O) groups excluding carboxylic acids is 2. The third-order valence-electron chi connectivity index (χ3n) is 6.44. The zero-order chi connectivity index (χ0) is 28.3. The van der Waals surface area contributed by atoms with Gasteiger partial charge in [-0.2, -0.15) is 0 Å². The molecule has 1 saturated heterocycles. The minimum absolute atomic E-state index is 0.148. The van der Waals surface area contributed by atoms with E-state index in [0.29, 0.717) is 29.2 Å². The predicted octanol–water partition coefficient (Wildman–Crippen LogP) is 5.58. The highest BCUT2D eigenvalue weighted by Gasteiger charge is 2.47. The molecule has 3 aromatic carbocycles. The Morgan fingerprint density at radius 1 is 0.949 bits per heavy atom. The number of anilines is 1. The molecule has 1 fully saturated rings. The molecule has 1 heterocycles. The Morgan fingerprint density at radius 2 is 1.64 bits per heavy atom. The number of amides is 1. The minimum atomic E-state index is -1.13. The van der Waals surface area contributed by atoms with Gasteiger partial charge in [0, 0.05) is 11.3 Å². The second-order valence-corrected chi connectivity index (χ2v) is 8.94. The summed E-state index contributed by atoms with van der Waals surface area (Å²) in [5.41, 5.74) is 1.44. The fraction of sp³-hybridized carbons (Fsp3) is 0.267. The summed E-state index contributed by atoms with van der Waals surface area (Å²) in [5, 5.41) is 11.5. The van der Waals surface area contributed by atoms with Crippen molar-refractivity contribution in [3.8, 4) is 23.0 Å². The van der Waals surface area contributed by atoms with Crippen LogP contribution >= 0.6 is 0 Å². The highest BCUT2D eigenvalue weighted by atomic mass is 19.1. The van der Waals surface area contributed by atoms with Crippen LogP contribution in [0.4, 0.5) is 10.1 Å². The number of methoxy groups -OCH3 is 3. The van der Waals surface area contributed by atoms with Crippen molar-refractivity contribution in [2.24, 2.45) is 0 Å². The number of ether oxygens (including phenoxy) is 4. The second kappa shape index (κ2) is 11.5. The second-order valence-electron chi connectivity index (χ2n) is 8.94. The lowest BCUT2D eigenvalue weighted by Crippen LogP contribution is -2.29. The third kappa shape index (κ3) is 5.12. The molecule has 1 unspecified atom stereocenters. The molecule has 0 spiro atoms. The summed E-state index contributed by atoms with van der Waals surface area (Å²) in [6, 6.07) is 12.4. The molecule has 0 radical (unpaired) electrons. The molecule has 1 atom stereocenters. The van der Waals surface area contributed by atoms with Crippen molar-refractivity contribution in [1.29, 1.82) is 0 Å². The van der Waals surface area contributed by atoms with Crippen LogP contribution in [0.1, 0.15) is 36.1 Å². The largest absolute Gasteiger partial charge is 0.507 e. The monoisotopic (exact) mass is 535 g/mol. The molecular formula is C30H30FNO7. The molecule has 0 saturated carbocycles. The SMILES string of the molecule is CCCOc1ccc(/C(O)=C2\C(=O)C(=O)N(c3cccc(F)c3)C2c2cc(OC)c(OC)c(OC)c2)cc1C. The van der Waals surface area contributed by atoms with E-state index in [9.17, 15) is 19.1 Å². The van der Waals surface area contributed by atoms with E-state index in [1.165, 1.54) is 39.5 Å². The van der Waals surface area contributed by atoms with E-state index in [-0.39, 0.29) is 28.5 Å². The average Bonchev–Trinajstić information content (AvgIpc) is 3.20. The van der Waals surface area contributed by atoms with Gasteiger partial charge in [0.15, 0.2) is 11.5 Å². The number of rotatable bonds is 9. The number of ketones is 1. The van der Waals surface area contributed by atoms with Gasteiger partial charge in [-0.25, -0.2) is 4.39 Å². The number of aliphatic hydroxyl groups is 1. The summed E-state index contributed by atoms with van der Waals surface area (Å²) in [5.74, 6) is -1.28. The number of benzene rings is 3. The van der Waals surface area contributed by atoms with Crippen molar-refractivity contribution < 1.29 is 38.0 Å². The Labute approximate surface area is 226 Å². The van der Waals surface area contributed by atoms with Gasteiger partial charge in [-0.15, -0.1) is 0 Å². The van der Waals surface area contributed by atoms with Crippen LogP contribution in [-0.4, -0.2) is 44.7 Å². The zero-order valence-electron chi connectivity index (χ0n) is 22.4. The molecule has 8 nitrogen and oxygen atoms in total. The number of hydrogen-bond acceptors (Lipinski definition) is 7. The molecule has 204 valence electrons. The van der Waals surface area contributed by atoms with Gasteiger partial charge in [0.05, 0.1) is 39.6 Å². The number of Topliss-reactive ketones (excluding diaryl/α,β-unsaturated/α-hetero) is 1. The van der Waals surface area contributed by atoms with Gasteiger partial charge in [0.25, 0.3) is 11.7 Å². The van der Waals surface area contributed by atoms with E-state index in [0.717, 1.165) is 23.0 Å². The maximum Gasteiger partial charge on any atom is 0.300 e. The highest BCUT2D eigenvalue weighted by molar-refractivity contribution is 6.51. The van der Waals surface area contributed by atoms with Crippen LogP contribution in [0.3, 0.4) is 0 Å². The molecule has 1 amide bonds. The van der Waals surface area contributed by atoms with E-state index in [2.05, 4.69) is 0 Å². The number of nitrogens with zero attached hydrogens (tertiary/aromatic N) is 1. The number of halogens is 1. The van der Waals surface area contributed by atoms with Gasteiger partial charge in [-0.3, -0.25) is 14.5 Å². The van der Waals surface area contributed by atoms with Gasteiger partial charge >= 0.3 is 0 Å². The lowest BCUT2D eigenvalue weighted by molar-refractivity contribution is -0.132. The number of carbonyl (C=O) groups is 2. The average molecular weight is 536 g/mol. The van der Waals surface area contributed by atoms with Crippen molar-refractivity contribution >= 4 is 23.1 Å². The topological polar surface area (TPSA) is 94.5 Å². The van der Waals surface area contributed by atoms with Crippen LogP contribution in [-0.2, 0) is 9.59 Å². The minimum Gasteiger partial charge on any atom is -0.507 e. The number of aliphatic hydroxyl groups excluding tert-OH is 1. The summed E-state index contributed by atoms with van der Waals surface area (Å²) < 4.78 is 36.4. The Bertz CT molecular complexity index is 1420. The summed E-state index contributed by atoms with van der Waals surface area (Å²) in [6.07, 6.45) is 0.833. The van der Waals surface area contributed by atoms with Crippen LogP contribution in [0.5, 0.6) is 23.0 Å². The van der Waals surface area contributed by atoms with E-state index in [4.69, 9.17) is 18.9 Å². The van der Waals surface area contributed by atoms with E-state index >= 15 is 0 Å². The first kappa shape index (κ1) is 27.5. The first-order valence-corrected chi connectivity index (χ1v) is 12.4. The first-order chi connectivity index (χ1) is 18.7. The molecular weight excluding hydrogens is 505 g/mol. The maximum absolute atomic E-state index is 14.2. The summed E-state index contributed by atoms with van der Waals surface area (Å²) >= 11 is 0. The molecule has 39 heavy (non-hydrogen) atoms. The summed E-state index contributed by atoms with van der Waals surface area (Å²) in [7, 11) is 4.33. The summed E-state index contributed by atoms with van der Waals surface area (Å²) in [4.78, 5) is 28.1. The fourth-order valence-corrected chi connectivity index (χ4v) is 4.63. The molecule has 3 aromatic rings. The van der Waals surface area contributed by atoms with Crippen molar-refractivity contribution in [1.82, 2.24) is 0 Å². The van der Waals surface area contributed by atoms with Crippen LogP contribution in [0.25, 0.3) is 5.76 Å². The van der Waals surface area contributed by atoms with Gasteiger partial charge < -0.3 is 24.1 Å². The lowest BCUT2D eigenvalue weighted by atomic mass is 9.94. The number of hydrogen-bond donors (Lipinski definition) is 1. The van der Waals surface area contributed by atoms with E-state index < -0.39 is 23.5 Å². The fourth-order valence-electron chi connectivity index (χ4n) is 4.63. The maximum atomic E-state index is 14.2. The third-order valence-corrected chi connectivity index (χ3v) is 6.44. The van der Waals surface area contributed by atoms with Crippen LogP contribution < -0.4 is 23.8 Å². The zero-order valence-corrected chi connectivity index (χ0v) is 22.4. The Balaban J connectivity index is 1.97.